The molecule has 0 N–H and O–H groups in total. The zero-order valence-electron chi connectivity index (χ0n) is 20.1. The third kappa shape index (κ3) is 17.4. The second-order valence-corrected chi connectivity index (χ2v) is 11.9. The van der Waals surface area contributed by atoms with Crippen LogP contribution in [0.2, 0.25) is 0 Å². The number of unbranched alkanes of at least 4 members (excludes halogenated alkanes) is 11. The molecule has 4 nitrogen and oxygen atoms in total. The molecule has 0 aromatic carbocycles. The van der Waals surface area contributed by atoms with Crippen LogP contribution in [0, 0.1) is 0 Å². The standard InChI is InChI=1S/C14H29O.3C3H7O.Ti/c1-2-3-4-5-6-7-8-9-10-11-12-13-14-15;3*1-3(2)4;/h2-14H2,1H3;3*3H,1-2H3;/q4*-1;+4. The molecule has 0 amide bonds. The van der Waals surface area contributed by atoms with E-state index >= 15 is 0 Å². The minimum absolute atomic E-state index is 0.0412. The van der Waals surface area contributed by atoms with Crippen molar-refractivity contribution in [2.24, 2.45) is 0 Å². The van der Waals surface area contributed by atoms with Gasteiger partial charge in [0, 0.05) is 0 Å². The van der Waals surface area contributed by atoms with Gasteiger partial charge in [-0.25, -0.2) is 0 Å². The second kappa shape index (κ2) is 18.3. The average molecular weight is 439 g/mol. The van der Waals surface area contributed by atoms with Crippen molar-refractivity contribution in [2.75, 3.05) is 6.61 Å². The molecular formula is C23H50O4Ti. The molecule has 0 bridgehead atoms. The van der Waals surface area contributed by atoms with E-state index in [4.69, 9.17) is 13.3 Å². The summed E-state index contributed by atoms with van der Waals surface area (Å²) in [5.41, 5.74) is 0. The van der Waals surface area contributed by atoms with Crippen molar-refractivity contribution in [3.8, 4) is 0 Å². The van der Waals surface area contributed by atoms with Crippen LogP contribution in [0.4, 0.5) is 0 Å². The molecule has 0 aromatic rings. The van der Waals surface area contributed by atoms with Crippen LogP contribution >= 0.6 is 0 Å². The van der Waals surface area contributed by atoms with Gasteiger partial charge in [-0.05, 0) is 0 Å². The van der Waals surface area contributed by atoms with Crippen LogP contribution in [-0.2, 0) is 31.4 Å². The van der Waals surface area contributed by atoms with Crippen LogP contribution in [0.3, 0.4) is 0 Å². The Hall–Kier alpha value is 0.554. The Bertz CT molecular complexity index is 308. The van der Waals surface area contributed by atoms with Crippen LogP contribution < -0.4 is 0 Å². The van der Waals surface area contributed by atoms with Crippen LogP contribution in [0.5, 0.6) is 0 Å². The third-order valence-electron chi connectivity index (χ3n) is 4.42. The normalized spacial score (nSPS) is 12.6. The van der Waals surface area contributed by atoms with Gasteiger partial charge in [-0.1, -0.05) is 19.8 Å². The average Bonchev–Trinajstić information content (AvgIpc) is 2.57. The molecule has 0 aromatic heterocycles. The fourth-order valence-electron chi connectivity index (χ4n) is 3.19. The van der Waals surface area contributed by atoms with E-state index in [-0.39, 0.29) is 18.3 Å². The van der Waals surface area contributed by atoms with E-state index < -0.39 is 18.1 Å². The van der Waals surface area contributed by atoms with Crippen LogP contribution in [0.15, 0.2) is 0 Å². The van der Waals surface area contributed by atoms with Gasteiger partial charge in [0.2, 0.25) is 0 Å². The van der Waals surface area contributed by atoms with Gasteiger partial charge in [-0.2, -0.15) is 0 Å². The van der Waals surface area contributed by atoms with Gasteiger partial charge >= 0.3 is 162 Å². The van der Waals surface area contributed by atoms with Gasteiger partial charge in [0.1, 0.15) is 0 Å². The SMILES string of the molecule is CCCCCCCCCCCCCC[O][Ti]([O]C(C)C)([O]C(C)C)[O]C(C)C. The summed E-state index contributed by atoms with van der Waals surface area (Å²) in [4.78, 5) is 0. The van der Waals surface area contributed by atoms with Crippen molar-refractivity contribution in [1.29, 1.82) is 0 Å². The quantitative estimate of drug-likeness (QED) is 0.144. The van der Waals surface area contributed by atoms with Gasteiger partial charge < -0.3 is 0 Å². The topological polar surface area (TPSA) is 36.9 Å². The first-order valence-electron chi connectivity index (χ1n) is 12.0. The molecule has 0 saturated heterocycles. The van der Waals surface area contributed by atoms with Crippen molar-refractivity contribution in [3.63, 3.8) is 0 Å². The molecule has 0 fully saturated rings. The van der Waals surface area contributed by atoms with Crippen molar-refractivity contribution < 1.29 is 31.4 Å². The summed E-state index contributed by atoms with van der Waals surface area (Å²) in [6.45, 7) is 15.0. The first-order valence-corrected chi connectivity index (χ1v) is 14.5. The molecule has 0 rings (SSSR count). The molecule has 0 heterocycles. The monoisotopic (exact) mass is 438 g/mol. The second-order valence-electron chi connectivity index (χ2n) is 8.74. The summed E-state index contributed by atoms with van der Waals surface area (Å²) in [6, 6.07) is 0. The van der Waals surface area contributed by atoms with Crippen LogP contribution in [-0.4, -0.2) is 24.9 Å². The third-order valence-corrected chi connectivity index (χ3v) is 8.85. The number of hydrogen-bond donors (Lipinski definition) is 0. The molecule has 28 heavy (non-hydrogen) atoms. The van der Waals surface area contributed by atoms with Gasteiger partial charge in [-0.3, -0.25) is 0 Å². The first kappa shape index (κ1) is 28.6. The summed E-state index contributed by atoms with van der Waals surface area (Å²) >= 11 is -3.68. The Morgan fingerprint density at radius 3 is 1.14 bits per heavy atom. The van der Waals surface area contributed by atoms with Crippen molar-refractivity contribution in [2.45, 2.75) is 144 Å². The van der Waals surface area contributed by atoms with E-state index in [0.717, 1.165) is 6.42 Å². The van der Waals surface area contributed by atoms with Crippen molar-refractivity contribution >= 4 is 0 Å². The summed E-state index contributed by atoms with van der Waals surface area (Å²) < 4.78 is 24.4. The Balaban J connectivity index is 3.94. The molecular weight excluding hydrogens is 388 g/mol. The summed E-state index contributed by atoms with van der Waals surface area (Å²) in [5.74, 6) is 0. The van der Waals surface area contributed by atoms with E-state index in [9.17, 15) is 0 Å². The fourth-order valence-corrected chi connectivity index (χ4v) is 7.09. The van der Waals surface area contributed by atoms with E-state index in [2.05, 4.69) is 6.92 Å². The van der Waals surface area contributed by atoms with Crippen molar-refractivity contribution in [3.05, 3.63) is 0 Å². The maximum absolute atomic E-state index is 6.17. The predicted molar refractivity (Wildman–Crippen MR) is 116 cm³/mol. The minimum atomic E-state index is -3.68. The van der Waals surface area contributed by atoms with Gasteiger partial charge in [0.15, 0.2) is 0 Å². The molecule has 0 atom stereocenters. The molecule has 0 spiro atoms. The Morgan fingerprint density at radius 1 is 0.500 bits per heavy atom. The zero-order chi connectivity index (χ0) is 21.3. The Morgan fingerprint density at radius 2 is 0.821 bits per heavy atom. The molecule has 0 aliphatic rings. The van der Waals surface area contributed by atoms with Crippen LogP contribution in [0.25, 0.3) is 0 Å². The molecule has 0 saturated carbocycles. The van der Waals surface area contributed by atoms with Crippen molar-refractivity contribution in [1.82, 2.24) is 0 Å². The molecule has 5 heteroatoms. The zero-order valence-corrected chi connectivity index (χ0v) is 21.6. The Labute approximate surface area is 181 Å². The predicted octanol–water partition coefficient (Wildman–Crippen LogP) is 7.79. The molecule has 170 valence electrons. The van der Waals surface area contributed by atoms with Crippen LogP contribution in [0.1, 0.15) is 126 Å². The molecule has 0 radical (unpaired) electrons. The number of rotatable bonds is 20. The van der Waals surface area contributed by atoms with Gasteiger partial charge in [0.05, 0.1) is 0 Å². The van der Waals surface area contributed by atoms with E-state index in [1.807, 2.05) is 41.5 Å². The molecule has 0 aliphatic carbocycles. The van der Waals surface area contributed by atoms with Gasteiger partial charge in [0.25, 0.3) is 0 Å². The summed E-state index contributed by atoms with van der Waals surface area (Å²) in [5, 5.41) is 0. The first-order chi connectivity index (χ1) is 13.3. The maximum atomic E-state index is 6.17. The summed E-state index contributed by atoms with van der Waals surface area (Å²) in [6.07, 6.45) is 16.2. The van der Waals surface area contributed by atoms with E-state index in [1.54, 1.807) is 0 Å². The Kier molecular flexibility index (Phi) is 18.7. The molecule has 0 unspecified atom stereocenters. The fraction of sp³-hybridized carbons (Fsp3) is 1.00. The molecule has 0 aliphatic heterocycles. The van der Waals surface area contributed by atoms with Gasteiger partial charge in [-0.15, -0.1) is 0 Å². The number of hydrogen-bond acceptors (Lipinski definition) is 4. The van der Waals surface area contributed by atoms with E-state index in [0.29, 0.717) is 6.61 Å². The van der Waals surface area contributed by atoms with E-state index in [1.165, 1.54) is 70.6 Å². The summed E-state index contributed by atoms with van der Waals surface area (Å²) in [7, 11) is 0.